The van der Waals surface area contributed by atoms with Crippen LogP contribution in [-0.4, -0.2) is 11.7 Å². The Kier molecular flexibility index (Phi) is 4.10. The van der Waals surface area contributed by atoms with Crippen LogP contribution in [0.5, 0.6) is 5.75 Å². The van der Waals surface area contributed by atoms with E-state index in [0.29, 0.717) is 5.75 Å². The molecule has 1 N–H and O–H groups in total. The van der Waals surface area contributed by atoms with E-state index in [4.69, 9.17) is 0 Å². The summed E-state index contributed by atoms with van der Waals surface area (Å²) in [5.74, 6) is 0.368. The fourth-order valence-electron chi connectivity index (χ4n) is 2.48. The minimum Gasteiger partial charge on any atom is -0.508 e. The lowest BCUT2D eigenvalue weighted by atomic mass is 10.0. The number of phenols is 1. The second-order valence-electron chi connectivity index (χ2n) is 4.86. The van der Waals surface area contributed by atoms with Gasteiger partial charge in [0.25, 0.3) is 0 Å². The van der Waals surface area contributed by atoms with Crippen molar-refractivity contribution in [2.45, 2.75) is 26.8 Å². The highest BCUT2D eigenvalue weighted by Crippen LogP contribution is 2.32. The number of aryl methyl sites for hydroxylation is 1. The first-order valence-electron chi connectivity index (χ1n) is 6.74. The lowest BCUT2D eigenvalue weighted by Gasteiger charge is -2.31. The van der Waals surface area contributed by atoms with Gasteiger partial charge in [-0.05, 0) is 39.0 Å². The molecule has 2 nitrogen and oxygen atoms in total. The fourth-order valence-corrected chi connectivity index (χ4v) is 2.48. The van der Waals surface area contributed by atoms with Gasteiger partial charge in [-0.2, -0.15) is 0 Å². The molecule has 19 heavy (non-hydrogen) atoms. The van der Waals surface area contributed by atoms with Gasteiger partial charge in [-0.25, -0.2) is 0 Å². The Morgan fingerprint density at radius 1 is 1.11 bits per heavy atom. The van der Waals surface area contributed by atoms with Crippen LogP contribution in [0, 0.1) is 6.92 Å². The molecule has 0 fully saturated rings. The van der Waals surface area contributed by atoms with Gasteiger partial charge in [-0.1, -0.05) is 35.9 Å². The molecule has 2 heteroatoms. The topological polar surface area (TPSA) is 23.5 Å². The molecule has 2 aromatic carbocycles. The number of nitrogens with zero attached hydrogens (tertiary/aromatic N) is 1. The summed E-state index contributed by atoms with van der Waals surface area (Å²) in [7, 11) is 0. The maximum atomic E-state index is 10.1. The predicted octanol–water partition coefficient (Wildman–Crippen LogP) is 4.29. The number of hydrogen-bond donors (Lipinski definition) is 1. The first kappa shape index (κ1) is 13.5. The largest absolute Gasteiger partial charge is 0.508 e. The third-order valence-electron chi connectivity index (χ3n) is 3.53. The van der Waals surface area contributed by atoms with E-state index in [1.54, 1.807) is 6.07 Å². The third-order valence-corrected chi connectivity index (χ3v) is 3.53. The monoisotopic (exact) mass is 255 g/mol. The van der Waals surface area contributed by atoms with Crippen LogP contribution < -0.4 is 4.90 Å². The van der Waals surface area contributed by atoms with E-state index in [0.717, 1.165) is 12.1 Å². The van der Waals surface area contributed by atoms with Crippen molar-refractivity contribution in [3.05, 3.63) is 59.7 Å². The lowest BCUT2D eigenvalue weighted by molar-refractivity contribution is 0.461. The molecule has 0 spiro atoms. The number of benzene rings is 2. The molecule has 0 saturated carbocycles. The molecule has 0 amide bonds. The molecule has 2 rings (SSSR count). The van der Waals surface area contributed by atoms with Crippen molar-refractivity contribution in [2.24, 2.45) is 0 Å². The van der Waals surface area contributed by atoms with E-state index in [2.05, 4.69) is 43.9 Å². The van der Waals surface area contributed by atoms with E-state index >= 15 is 0 Å². The summed E-state index contributed by atoms with van der Waals surface area (Å²) in [6.45, 7) is 7.22. The van der Waals surface area contributed by atoms with Crippen molar-refractivity contribution in [3.63, 3.8) is 0 Å². The highest BCUT2D eigenvalue weighted by Gasteiger charge is 2.17. The lowest BCUT2D eigenvalue weighted by Crippen LogP contribution is -2.26. The molecule has 2 aromatic rings. The number of aromatic hydroxyl groups is 1. The number of hydrogen-bond acceptors (Lipinski definition) is 2. The van der Waals surface area contributed by atoms with Crippen LogP contribution in [0.25, 0.3) is 0 Å². The maximum absolute atomic E-state index is 10.1. The summed E-state index contributed by atoms with van der Waals surface area (Å²) in [6, 6.07) is 16.2. The summed E-state index contributed by atoms with van der Waals surface area (Å²) in [6.07, 6.45) is 0. The second kappa shape index (κ2) is 5.79. The zero-order valence-corrected chi connectivity index (χ0v) is 11.8. The van der Waals surface area contributed by atoms with Gasteiger partial charge < -0.3 is 10.0 Å². The minimum atomic E-state index is 0.146. The number of phenolic OH excluding ortho intramolecular Hbond substituents is 1. The summed E-state index contributed by atoms with van der Waals surface area (Å²) < 4.78 is 0. The Morgan fingerprint density at radius 3 is 2.42 bits per heavy atom. The van der Waals surface area contributed by atoms with Crippen molar-refractivity contribution in [1.82, 2.24) is 0 Å². The van der Waals surface area contributed by atoms with Crippen molar-refractivity contribution in [3.8, 4) is 5.75 Å². The molecule has 1 atom stereocenters. The quantitative estimate of drug-likeness (QED) is 0.881. The van der Waals surface area contributed by atoms with Crippen molar-refractivity contribution < 1.29 is 5.11 Å². The molecule has 1 unspecified atom stereocenters. The summed E-state index contributed by atoms with van der Waals surface area (Å²) >= 11 is 0. The maximum Gasteiger partial charge on any atom is 0.120 e. The van der Waals surface area contributed by atoms with Gasteiger partial charge in [-0.3, -0.25) is 0 Å². The highest BCUT2D eigenvalue weighted by molar-refractivity contribution is 5.50. The van der Waals surface area contributed by atoms with Crippen LogP contribution in [0.1, 0.15) is 31.0 Å². The third kappa shape index (κ3) is 2.90. The Morgan fingerprint density at radius 2 is 1.79 bits per heavy atom. The molecule has 0 saturated heterocycles. The number of anilines is 1. The summed E-state index contributed by atoms with van der Waals surface area (Å²) in [5, 5.41) is 10.1. The average molecular weight is 255 g/mol. The van der Waals surface area contributed by atoms with Crippen LogP contribution >= 0.6 is 0 Å². The van der Waals surface area contributed by atoms with Gasteiger partial charge in [0.2, 0.25) is 0 Å². The van der Waals surface area contributed by atoms with Crippen molar-refractivity contribution in [2.75, 3.05) is 11.4 Å². The molecule has 100 valence electrons. The minimum absolute atomic E-state index is 0.146. The average Bonchev–Trinajstić information content (AvgIpc) is 2.43. The molecule has 0 heterocycles. The van der Waals surface area contributed by atoms with Crippen molar-refractivity contribution >= 4 is 5.69 Å². The first-order valence-corrected chi connectivity index (χ1v) is 6.74. The van der Waals surface area contributed by atoms with E-state index in [1.807, 2.05) is 24.3 Å². The number of para-hydroxylation sites is 1. The van der Waals surface area contributed by atoms with Crippen LogP contribution in [0.2, 0.25) is 0 Å². The Balaban J connectivity index is 2.36. The van der Waals surface area contributed by atoms with Crippen molar-refractivity contribution in [1.29, 1.82) is 0 Å². The molecule has 0 radical (unpaired) electrons. The van der Waals surface area contributed by atoms with E-state index in [9.17, 15) is 5.11 Å². The Hall–Kier alpha value is -1.96. The van der Waals surface area contributed by atoms with Gasteiger partial charge in [0.15, 0.2) is 0 Å². The smallest absolute Gasteiger partial charge is 0.120 e. The van der Waals surface area contributed by atoms with Crippen LogP contribution in [-0.2, 0) is 0 Å². The fraction of sp³-hybridized carbons (Fsp3) is 0.294. The molecule has 0 aliphatic carbocycles. The molecule has 0 aromatic heterocycles. The highest BCUT2D eigenvalue weighted by atomic mass is 16.3. The number of rotatable bonds is 4. The van der Waals surface area contributed by atoms with Gasteiger partial charge >= 0.3 is 0 Å². The molecular formula is C17H21NO. The molecule has 0 aliphatic heterocycles. The van der Waals surface area contributed by atoms with E-state index in [-0.39, 0.29) is 6.04 Å². The predicted molar refractivity (Wildman–Crippen MR) is 80.7 cm³/mol. The van der Waals surface area contributed by atoms with Crippen LogP contribution in [0.3, 0.4) is 0 Å². The second-order valence-corrected chi connectivity index (χ2v) is 4.86. The zero-order chi connectivity index (χ0) is 13.8. The summed E-state index contributed by atoms with van der Waals surface area (Å²) in [5.41, 5.74) is 3.33. The molecular weight excluding hydrogens is 234 g/mol. The van der Waals surface area contributed by atoms with Gasteiger partial charge in [0.1, 0.15) is 5.75 Å². The van der Waals surface area contributed by atoms with Gasteiger partial charge in [0.05, 0.1) is 6.04 Å². The SMILES string of the molecule is CCN(c1ccccc1)C(C)c1cc(C)ccc1O. The Labute approximate surface area is 115 Å². The van der Waals surface area contributed by atoms with Gasteiger partial charge in [-0.15, -0.1) is 0 Å². The van der Waals surface area contributed by atoms with Crippen LogP contribution in [0.4, 0.5) is 5.69 Å². The summed E-state index contributed by atoms with van der Waals surface area (Å²) in [4.78, 5) is 2.29. The van der Waals surface area contributed by atoms with E-state index < -0.39 is 0 Å². The zero-order valence-electron chi connectivity index (χ0n) is 11.8. The van der Waals surface area contributed by atoms with Gasteiger partial charge in [0, 0.05) is 17.8 Å². The molecule has 0 aliphatic rings. The van der Waals surface area contributed by atoms with E-state index in [1.165, 1.54) is 11.3 Å². The van der Waals surface area contributed by atoms with Crippen LogP contribution in [0.15, 0.2) is 48.5 Å². The Bertz CT molecular complexity index is 536. The normalized spacial score (nSPS) is 12.2. The standard InChI is InChI=1S/C17H21NO/c1-4-18(15-8-6-5-7-9-15)14(3)16-12-13(2)10-11-17(16)19/h5-12,14,19H,4H2,1-3H3. The first-order chi connectivity index (χ1) is 9.13. The molecule has 0 bridgehead atoms.